The molecule has 0 unspecified atom stereocenters. The summed E-state index contributed by atoms with van der Waals surface area (Å²) < 4.78 is 5.48. The Kier molecular flexibility index (Phi) is 3.55. The molecule has 0 radical (unpaired) electrons. The van der Waals surface area contributed by atoms with Gasteiger partial charge in [-0.25, -0.2) is 4.79 Å². The molecule has 0 aromatic heterocycles. The van der Waals surface area contributed by atoms with Crippen LogP contribution < -0.4 is 0 Å². The molecule has 0 bridgehead atoms. The molecule has 4 heteroatoms. The van der Waals surface area contributed by atoms with Gasteiger partial charge in [0, 0.05) is 3.57 Å². The molecule has 70 valence electrons. The van der Waals surface area contributed by atoms with Crippen LogP contribution in [0.15, 0.2) is 12.1 Å². The maximum Gasteiger partial charge on any atom is 0.338 e. The molecule has 0 spiro atoms. The number of hydrogen-bond donors (Lipinski definition) is 0. The van der Waals surface area contributed by atoms with Crippen molar-refractivity contribution < 1.29 is 9.53 Å². The van der Waals surface area contributed by atoms with Gasteiger partial charge in [-0.2, -0.15) is 0 Å². The highest BCUT2D eigenvalue weighted by Gasteiger charge is 2.11. The van der Waals surface area contributed by atoms with Gasteiger partial charge in [0.05, 0.1) is 17.7 Å². The van der Waals surface area contributed by atoms with Crippen LogP contribution in [0.5, 0.6) is 0 Å². The summed E-state index contributed by atoms with van der Waals surface area (Å²) in [5.41, 5.74) is 1.40. The standard InChI is InChI=1S/C9H8ClIO2/c1-5-3-7(10)8(11)4-6(5)9(12)13-2/h3-4H,1-2H3. The molecule has 0 saturated heterocycles. The number of aryl methyl sites for hydroxylation is 1. The number of benzene rings is 1. The van der Waals surface area contributed by atoms with Crippen LogP contribution in [0.2, 0.25) is 5.02 Å². The fourth-order valence-electron chi connectivity index (χ4n) is 0.976. The molecule has 0 aliphatic rings. The molecule has 0 fully saturated rings. The lowest BCUT2D eigenvalue weighted by atomic mass is 10.1. The molecular formula is C9H8ClIO2. The Hall–Kier alpha value is -0.290. The quantitative estimate of drug-likeness (QED) is 0.589. The molecule has 1 aromatic rings. The minimum atomic E-state index is -0.327. The second kappa shape index (κ2) is 4.28. The number of methoxy groups -OCH3 is 1. The highest BCUT2D eigenvalue weighted by molar-refractivity contribution is 14.1. The minimum absolute atomic E-state index is 0.327. The van der Waals surface area contributed by atoms with Gasteiger partial charge in [-0.05, 0) is 47.2 Å². The van der Waals surface area contributed by atoms with E-state index in [2.05, 4.69) is 27.3 Å². The Labute approximate surface area is 95.4 Å². The van der Waals surface area contributed by atoms with Gasteiger partial charge in [-0.1, -0.05) is 11.6 Å². The van der Waals surface area contributed by atoms with Crippen LogP contribution in [0.4, 0.5) is 0 Å². The lowest BCUT2D eigenvalue weighted by Gasteiger charge is -2.05. The first-order chi connectivity index (χ1) is 6.06. The van der Waals surface area contributed by atoms with E-state index in [1.165, 1.54) is 7.11 Å². The first kappa shape index (κ1) is 10.8. The van der Waals surface area contributed by atoms with Gasteiger partial charge in [0.2, 0.25) is 0 Å². The van der Waals surface area contributed by atoms with E-state index in [4.69, 9.17) is 11.6 Å². The molecule has 2 nitrogen and oxygen atoms in total. The van der Waals surface area contributed by atoms with Gasteiger partial charge in [0.15, 0.2) is 0 Å². The van der Waals surface area contributed by atoms with Crippen molar-refractivity contribution >= 4 is 40.2 Å². The Bertz CT molecular complexity index is 350. The fourth-order valence-corrected chi connectivity index (χ4v) is 1.66. The number of rotatable bonds is 1. The van der Waals surface area contributed by atoms with Gasteiger partial charge in [-0.15, -0.1) is 0 Å². The van der Waals surface area contributed by atoms with Gasteiger partial charge >= 0.3 is 5.97 Å². The molecule has 0 heterocycles. The van der Waals surface area contributed by atoms with Gasteiger partial charge in [0.25, 0.3) is 0 Å². The first-order valence-corrected chi connectivity index (χ1v) is 5.06. The summed E-state index contributed by atoms with van der Waals surface area (Å²) in [6.45, 7) is 1.83. The van der Waals surface area contributed by atoms with E-state index >= 15 is 0 Å². The van der Waals surface area contributed by atoms with E-state index < -0.39 is 0 Å². The van der Waals surface area contributed by atoms with Crippen LogP contribution in [0.25, 0.3) is 0 Å². The first-order valence-electron chi connectivity index (χ1n) is 3.60. The summed E-state index contributed by atoms with van der Waals surface area (Å²) in [6.07, 6.45) is 0. The van der Waals surface area contributed by atoms with Crippen LogP contribution in [-0.4, -0.2) is 13.1 Å². The van der Waals surface area contributed by atoms with Crippen molar-refractivity contribution in [1.29, 1.82) is 0 Å². The smallest absolute Gasteiger partial charge is 0.338 e. The zero-order valence-electron chi connectivity index (χ0n) is 7.23. The maximum atomic E-state index is 11.2. The summed E-state index contributed by atoms with van der Waals surface area (Å²) >= 11 is 7.95. The van der Waals surface area contributed by atoms with Gasteiger partial charge in [-0.3, -0.25) is 0 Å². The zero-order chi connectivity index (χ0) is 10.0. The van der Waals surface area contributed by atoms with Crippen LogP contribution in [0.1, 0.15) is 15.9 Å². The topological polar surface area (TPSA) is 26.3 Å². The number of halogens is 2. The second-order valence-corrected chi connectivity index (χ2v) is 4.14. The molecule has 0 aliphatic carbocycles. The van der Waals surface area contributed by atoms with Crippen LogP contribution in [-0.2, 0) is 4.74 Å². The lowest BCUT2D eigenvalue weighted by molar-refractivity contribution is 0.0600. The zero-order valence-corrected chi connectivity index (χ0v) is 10.1. The molecule has 0 atom stereocenters. The van der Waals surface area contributed by atoms with E-state index in [0.29, 0.717) is 10.6 Å². The summed E-state index contributed by atoms with van der Waals surface area (Å²) in [4.78, 5) is 11.2. The van der Waals surface area contributed by atoms with Crippen molar-refractivity contribution in [3.05, 3.63) is 31.9 Å². The monoisotopic (exact) mass is 310 g/mol. The SMILES string of the molecule is COC(=O)c1cc(I)c(Cl)cc1C. The van der Waals surface area contributed by atoms with Crippen LogP contribution >= 0.6 is 34.2 Å². The predicted molar refractivity (Wildman–Crippen MR) is 60.2 cm³/mol. The average Bonchev–Trinajstić information content (AvgIpc) is 2.10. The molecule has 1 aromatic carbocycles. The van der Waals surface area contributed by atoms with E-state index in [1.54, 1.807) is 12.1 Å². The molecule has 13 heavy (non-hydrogen) atoms. The number of esters is 1. The normalized spacial score (nSPS) is 9.85. The van der Waals surface area contributed by atoms with Crippen LogP contribution in [0, 0.1) is 10.5 Å². The van der Waals surface area contributed by atoms with Crippen molar-refractivity contribution in [2.24, 2.45) is 0 Å². The van der Waals surface area contributed by atoms with E-state index in [1.807, 2.05) is 6.92 Å². The third-order valence-electron chi connectivity index (χ3n) is 1.67. The van der Waals surface area contributed by atoms with Crippen molar-refractivity contribution in [3.63, 3.8) is 0 Å². The Morgan fingerprint density at radius 1 is 1.54 bits per heavy atom. The Balaban J connectivity index is 3.23. The minimum Gasteiger partial charge on any atom is -0.465 e. The van der Waals surface area contributed by atoms with Crippen molar-refractivity contribution in [1.82, 2.24) is 0 Å². The molecule has 1 rings (SSSR count). The number of carbonyl (C=O) groups is 1. The fraction of sp³-hybridized carbons (Fsp3) is 0.222. The Morgan fingerprint density at radius 3 is 2.69 bits per heavy atom. The van der Waals surface area contributed by atoms with E-state index in [9.17, 15) is 4.79 Å². The Morgan fingerprint density at radius 2 is 2.15 bits per heavy atom. The van der Waals surface area contributed by atoms with E-state index in [0.717, 1.165) is 9.13 Å². The highest BCUT2D eigenvalue weighted by Crippen LogP contribution is 2.23. The number of ether oxygens (including phenoxy) is 1. The van der Waals surface area contributed by atoms with E-state index in [-0.39, 0.29) is 5.97 Å². The summed E-state index contributed by atoms with van der Waals surface area (Å²) in [5, 5.41) is 0.658. The molecule has 0 saturated carbocycles. The second-order valence-electron chi connectivity index (χ2n) is 2.57. The highest BCUT2D eigenvalue weighted by atomic mass is 127. The lowest BCUT2D eigenvalue weighted by Crippen LogP contribution is -2.04. The summed E-state index contributed by atoms with van der Waals surface area (Å²) in [7, 11) is 1.36. The molecule has 0 amide bonds. The van der Waals surface area contributed by atoms with Gasteiger partial charge < -0.3 is 4.74 Å². The number of hydrogen-bond acceptors (Lipinski definition) is 2. The van der Waals surface area contributed by atoms with Crippen molar-refractivity contribution in [3.8, 4) is 0 Å². The third kappa shape index (κ3) is 2.34. The predicted octanol–water partition coefficient (Wildman–Crippen LogP) is 3.04. The average molecular weight is 311 g/mol. The summed E-state index contributed by atoms with van der Waals surface area (Å²) in [5.74, 6) is -0.327. The summed E-state index contributed by atoms with van der Waals surface area (Å²) in [6, 6.07) is 3.49. The van der Waals surface area contributed by atoms with Gasteiger partial charge in [0.1, 0.15) is 0 Å². The van der Waals surface area contributed by atoms with Crippen molar-refractivity contribution in [2.45, 2.75) is 6.92 Å². The van der Waals surface area contributed by atoms with Crippen LogP contribution in [0.3, 0.4) is 0 Å². The molecule has 0 N–H and O–H groups in total. The largest absolute Gasteiger partial charge is 0.465 e. The molecule has 0 aliphatic heterocycles. The number of carbonyl (C=O) groups excluding carboxylic acids is 1. The third-order valence-corrected chi connectivity index (χ3v) is 3.20. The molecular weight excluding hydrogens is 302 g/mol. The maximum absolute atomic E-state index is 11.2. The van der Waals surface area contributed by atoms with Crippen molar-refractivity contribution in [2.75, 3.05) is 7.11 Å².